The second-order valence-electron chi connectivity index (χ2n) is 4.52. The Bertz CT molecular complexity index is 443. The summed E-state index contributed by atoms with van der Waals surface area (Å²) in [5.74, 6) is -0.149. The van der Waals surface area contributed by atoms with Gasteiger partial charge in [-0.25, -0.2) is 0 Å². The molecule has 1 aromatic carbocycles. The number of carbonyl (C=O) groups is 2. The van der Waals surface area contributed by atoms with Crippen LogP contribution in [0.2, 0.25) is 0 Å². The average molecular weight is 263 g/mol. The molecule has 1 amide bonds. The third-order valence-corrected chi connectivity index (χ3v) is 3.16. The number of ether oxygens (including phenoxy) is 1. The zero-order chi connectivity index (χ0) is 14.3. The number of anilines is 1. The molecular weight excluding hydrogens is 242 g/mol. The smallest absolute Gasteiger partial charge is 0.306 e. The Morgan fingerprint density at radius 1 is 1.26 bits per heavy atom. The van der Waals surface area contributed by atoms with Crippen molar-refractivity contribution in [1.82, 2.24) is 0 Å². The Morgan fingerprint density at radius 3 is 2.58 bits per heavy atom. The van der Waals surface area contributed by atoms with E-state index in [1.54, 1.807) is 0 Å². The van der Waals surface area contributed by atoms with E-state index in [2.05, 4.69) is 23.9 Å². The van der Waals surface area contributed by atoms with Gasteiger partial charge in [0.1, 0.15) is 0 Å². The standard InChI is InChI=1S/C15H21NO3/c1-4-11(2)12-7-5-6-8-13(12)16-14(17)9-10-15(18)19-3/h5-8,11H,4,9-10H2,1-3H3,(H,16,17). The third kappa shape index (κ3) is 4.73. The average Bonchev–Trinajstić information content (AvgIpc) is 2.44. The van der Waals surface area contributed by atoms with E-state index in [4.69, 9.17) is 0 Å². The Kier molecular flexibility index (Phi) is 6.06. The van der Waals surface area contributed by atoms with Crippen molar-refractivity contribution >= 4 is 17.6 Å². The second-order valence-corrected chi connectivity index (χ2v) is 4.52. The normalized spacial score (nSPS) is 11.7. The third-order valence-electron chi connectivity index (χ3n) is 3.16. The van der Waals surface area contributed by atoms with Crippen molar-refractivity contribution in [2.45, 2.75) is 39.0 Å². The maximum absolute atomic E-state index is 11.8. The van der Waals surface area contributed by atoms with Crippen molar-refractivity contribution in [2.24, 2.45) is 0 Å². The first-order chi connectivity index (χ1) is 9.08. The van der Waals surface area contributed by atoms with Gasteiger partial charge in [0.2, 0.25) is 5.91 Å². The van der Waals surface area contributed by atoms with Gasteiger partial charge in [0.15, 0.2) is 0 Å². The number of carbonyl (C=O) groups excluding carboxylic acids is 2. The van der Waals surface area contributed by atoms with Crippen LogP contribution in [0.3, 0.4) is 0 Å². The lowest BCUT2D eigenvalue weighted by Crippen LogP contribution is -2.15. The zero-order valence-electron chi connectivity index (χ0n) is 11.7. The minimum atomic E-state index is -0.370. The zero-order valence-corrected chi connectivity index (χ0v) is 11.7. The minimum Gasteiger partial charge on any atom is -0.469 e. The van der Waals surface area contributed by atoms with E-state index in [-0.39, 0.29) is 24.7 Å². The van der Waals surface area contributed by atoms with Crippen LogP contribution in [0.5, 0.6) is 0 Å². The van der Waals surface area contributed by atoms with Gasteiger partial charge in [0.05, 0.1) is 13.5 Å². The highest BCUT2D eigenvalue weighted by atomic mass is 16.5. The fourth-order valence-electron chi connectivity index (χ4n) is 1.79. The van der Waals surface area contributed by atoms with Crippen LogP contribution in [-0.4, -0.2) is 19.0 Å². The van der Waals surface area contributed by atoms with Crippen LogP contribution in [-0.2, 0) is 14.3 Å². The van der Waals surface area contributed by atoms with E-state index in [1.165, 1.54) is 7.11 Å². The number of rotatable bonds is 6. The summed E-state index contributed by atoms with van der Waals surface area (Å²) in [6, 6.07) is 7.76. The minimum absolute atomic E-state index is 0.105. The monoisotopic (exact) mass is 263 g/mol. The van der Waals surface area contributed by atoms with Crippen LogP contribution in [0.15, 0.2) is 24.3 Å². The van der Waals surface area contributed by atoms with Crippen molar-refractivity contribution in [3.05, 3.63) is 29.8 Å². The first-order valence-electron chi connectivity index (χ1n) is 6.54. The lowest BCUT2D eigenvalue weighted by atomic mass is 9.97. The highest BCUT2D eigenvalue weighted by Gasteiger charge is 2.12. The Labute approximate surface area is 114 Å². The van der Waals surface area contributed by atoms with Gasteiger partial charge in [-0.1, -0.05) is 32.0 Å². The topological polar surface area (TPSA) is 55.4 Å². The fraction of sp³-hybridized carbons (Fsp3) is 0.467. The van der Waals surface area contributed by atoms with Crippen molar-refractivity contribution in [3.63, 3.8) is 0 Å². The van der Waals surface area contributed by atoms with E-state index in [0.717, 1.165) is 17.7 Å². The summed E-state index contributed by atoms with van der Waals surface area (Å²) in [5.41, 5.74) is 1.95. The first kappa shape index (κ1) is 15.2. The van der Waals surface area contributed by atoms with E-state index in [1.807, 2.05) is 24.3 Å². The molecule has 1 N–H and O–H groups in total. The van der Waals surface area contributed by atoms with Gasteiger partial charge in [-0.15, -0.1) is 0 Å². The number of para-hydroxylation sites is 1. The van der Waals surface area contributed by atoms with Crippen LogP contribution in [0.4, 0.5) is 5.69 Å². The quantitative estimate of drug-likeness (QED) is 0.802. The lowest BCUT2D eigenvalue weighted by Gasteiger charge is -2.15. The van der Waals surface area contributed by atoms with E-state index in [9.17, 15) is 9.59 Å². The Balaban J connectivity index is 2.66. The molecule has 0 heterocycles. The molecule has 4 heteroatoms. The summed E-state index contributed by atoms with van der Waals surface area (Å²) < 4.78 is 4.51. The lowest BCUT2D eigenvalue weighted by molar-refractivity contribution is -0.141. The van der Waals surface area contributed by atoms with E-state index < -0.39 is 0 Å². The van der Waals surface area contributed by atoms with Crippen LogP contribution in [0, 0.1) is 0 Å². The van der Waals surface area contributed by atoms with Crippen molar-refractivity contribution < 1.29 is 14.3 Å². The van der Waals surface area contributed by atoms with Gasteiger partial charge in [-0.2, -0.15) is 0 Å². The maximum atomic E-state index is 11.8. The summed E-state index contributed by atoms with van der Waals surface area (Å²) >= 11 is 0. The molecule has 1 unspecified atom stereocenters. The number of amides is 1. The molecular formula is C15H21NO3. The second kappa shape index (κ2) is 7.56. The molecule has 0 aliphatic carbocycles. The van der Waals surface area contributed by atoms with Crippen molar-refractivity contribution in [1.29, 1.82) is 0 Å². The molecule has 0 fully saturated rings. The summed E-state index contributed by atoms with van der Waals surface area (Å²) in [4.78, 5) is 22.8. The molecule has 0 spiro atoms. The van der Waals surface area contributed by atoms with E-state index >= 15 is 0 Å². The predicted molar refractivity (Wildman–Crippen MR) is 75.0 cm³/mol. The van der Waals surface area contributed by atoms with Crippen LogP contribution in [0.25, 0.3) is 0 Å². The molecule has 19 heavy (non-hydrogen) atoms. The summed E-state index contributed by atoms with van der Waals surface area (Å²) in [5, 5.41) is 2.86. The maximum Gasteiger partial charge on any atom is 0.306 e. The van der Waals surface area contributed by atoms with Gasteiger partial charge in [0.25, 0.3) is 0 Å². The van der Waals surface area contributed by atoms with Crippen LogP contribution < -0.4 is 5.32 Å². The first-order valence-corrected chi connectivity index (χ1v) is 6.54. The molecule has 0 bridgehead atoms. The molecule has 0 radical (unpaired) electrons. The highest BCUT2D eigenvalue weighted by molar-refractivity contribution is 5.93. The molecule has 1 rings (SSSR count). The predicted octanol–water partition coefficient (Wildman–Crippen LogP) is 3.09. The molecule has 0 saturated heterocycles. The molecule has 0 aromatic heterocycles. The molecule has 1 atom stereocenters. The Morgan fingerprint density at radius 2 is 1.95 bits per heavy atom. The van der Waals surface area contributed by atoms with E-state index in [0.29, 0.717) is 5.92 Å². The van der Waals surface area contributed by atoms with Gasteiger partial charge in [-0.3, -0.25) is 9.59 Å². The molecule has 4 nitrogen and oxygen atoms in total. The molecule has 104 valence electrons. The number of hydrogen-bond donors (Lipinski definition) is 1. The van der Waals surface area contributed by atoms with Crippen molar-refractivity contribution in [2.75, 3.05) is 12.4 Å². The number of methoxy groups -OCH3 is 1. The van der Waals surface area contributed by atoms with Gasteiger partial charge in [-0.05, 0) is 24.0 Å². The molecule has 0 aliphatic rings. The van der Waals surface area contributed by atoms with Gasteiger partial charge in [0, 0.05) is 12.1 Å². The molecule has 1 aromatic rings. The van der Waals surface area contributed by atoms with Crippen LogP contribution >= 0.6 is 0 Å². The fourth-order valence-corrected chi connectivity index (χ4v) is 1.79. The van der Waals surface area contributed by atoms with Gasteiger partial charge < -0.3 is 10.1 Å². The number of hydrogen-bond acceptors (Lipinski definition) is 3. The number of benzene rings is 1. The number of nitrogens with one attached hydrogen (secondary N) is 1. The molecule has 0 saturated carbocycles. The summed E-state index contributed by atoms with van der Waals surface area (Å²) in [6.45, 7) is 4.24. The number of esters is 1. The summed E-state index contributed by atoms with van der Waals surface area (Å²) in [6.07, 6.45) is 1.25. The highest BCUT2D eigenvalue weighted by Crippen LogP contribution is 2.26. The van der Waals surface area contributed by atoms with Crippen molar-refractivity contribution in [3.8, 4) is 0 Å². The SMILES string of the molecule is CCC(C)c1ccccc1NC(=O)CCC(=O)OC. The summed E-state index contributed by atoms with van der Waals surface area (Å²) in [7, 11) is 1.32. The van der Waals surface area contributed by atoms with Gasteiger partial charge >= 0.3 is 5.97 Å². The molecule has 0 aliphatic heterocycles. The largest absolute Gasteiger partial charge is 0.469 e. The van der Waals surface area contributed by atoms with Crippen LogP contribution in [0.1, 0.15) is 44.6 Å². The Hall–Kier alpha value is -1.84.